The number of nitrogens with zero attached hydrogens (tertiary/aromatic N) is 2. The molecule has 0 aliphatic heterocycles. The highest BCUT2D eigenvalue weighted by molar-refractivity contribution is 6.34. The third-order valence-electron chi connectivity index (χ3n) is 4.93. The van der Waals surface area contributed by atoms with Crippen molar-refractivity contribution in [3.63, 3.8) is 0 Å². The van der Waals surface area contributed by atoms with Crippen molar-refractivity contribution in [2.24, 2.45) is 0 Å². The van der Waals surface area contributed by atoms with Gasteiger partial charge in [-0.05, 0) is 54.4 Å². The van der Waals surface area contributed by atoms with Gasteiger partial charge in [-0.2, -0.15) is 0 Å². The molecule has 2 N–H and O–H groups in total. The number of amides is 2. The second kappa shape index (κ2) is 9.67. The molecule has 0 aliphatic rings. The van der Waals surface area contributed by atoms with E-state index in [-0.39, 0.29) is 17.2 Å². The van der Waals surface area contributed by atoms with Gasteiger partial charge in [-0.15, -0.1) is 0 Å². The van der Waals surface area contributed by atoms with Gasteiger partial charge in [0.05, 0.1) is 22.6 Å². The average Bonchev–Trinajstić information content (AvgIpc) is 3.26. The van der Waals surface area contributed by atoms with Crippen LogP contribution in [0.15, 0.2) is 79.3 Å². The number of aromatic nitrogens is 2. The van der Waals surface area contributed by atoms with Crippen LogP contribution in [-0.4, -0.2) is 21.4 Å². The van der Waals surface area contributed by atoms with Crippen molar-refractivity contribution in [3.05, 3.63) is 112 Å². The monoisotopic (exact) mass is 462 g/mol. The number of carbonyl (C=O) groups excluding carboxylic acids is 2. The predicted octanol–water partition coefficient (Wildman–Crippen LogP) is 5.54. The first-order valence-electron chi connectivity index (χ1n) is 10.1. The summed E-state index contributed by atoms with van der Waals surface area (Å²) in [5.41, 5.74) is 3.26. The molecular formula is C25H20ClFN4O2. The summed E-state index contributed by atoms with van der Waals surface area (Å²) < 4.78 is 15.5. The third-order valence-corrected chi connectivity index (χ3v) is 5.25. The van der Waals surface area contributed by atoms with Gasteiger partial charge in [0.2, 0.25) is 0 Å². The van der Waals surface area contributed by atoms with Crippen LogP contribution in [0.2, 0.25) is 5.02 Å². The Labute approximate surface area is 195 Å². The maximum absolute atomic E-state index is 13.8. The van der Waals surface area contributed by atoms with Gasteiger partial charge in [0.1, 0.15) is 11.5 Å². The lowest BCUT2D eigenvalue weighted by atomic mass is 10.1. The molecule has 0 unspecified atom stereocenters. The Morgan fingerprint density at radius 3 is 2.48 bits per heavy atom. The minimum absolute atomic E-state index is 0.0160. The van der Waals surface area contributed by atoms with E-state index in [0.29, 0.717) is 22.9 Å². The number of anilines is 2. The van der Waals surface area contributed by atoms with E-state index in [2.05, 4.69) is 15.6 Å². The van der Waals surface area contributed by atoms with Crippen molar-refractivity contribution >= 4 is 34.8 Å². The molecule has 8 heteroatoms. The number of aryl methyl sites for hydroxylation is 1. The minimum atomic E-state index is -0.573. The van der Waals surface area contributed by atoms with Crippen LogP contribution in [0.1, 0.15) is 32.0 Å². The first-order valence-corrected chi connectivity index (χ1v) is 10.5. The van der Waals surface area contributed by atoms with Crippen molar-refractivity contribution in [1.82, 2.24) is 9.55 Å². The number of benzene rings is 3. The highest BCUT2D eigenvalue weighted by Gasteiger charge is 2.13. The second-order valence-corrected chi connectivity index (χ2v) is 7.91. The summed E-state index contributed by atoms with van der Waals surface area (Å²) in [6.07, 6.45) is 3.21. The molecule has 0 spiro atoms. The number of imidazole rings is 1. The molecule has 0 fully saturated rings. The average molecular weight is 463 g/mol. The van der Waals surface area contributed by atoms with Gasteiger partial charge in [0, 0.05) is 18.4 Å². The number of rotatable bonds is 6. The molecule has 0 aliphatic carbocycles. The Kier molecular flexibility index (Phi) is 6.51. The molecule has 3 aromatic carbocycles. The molecular weight excluding hydrogens is 443 g/mol. The van der Waals surface area contributed by atoms with Crippen LogP contribution in [0.25, 0.3) is 0 Å². The minimum Gasteiger partial charge on any atom is -0.332 e. The van der Waals surface area contributed by atoms with E-state index < -0.39 is 11.7 Å². The number of halogens is 2. The lowest BCUT2D eigenvalue weighted by Crippen LogP contribution is -2.13. The molecule has 0 radical (unpaired) electrons. The summed E-state index contributed by atoms with van der Waals surface area (Å²) in [7, 11) is 0. The largest absolute Gasteiger partial charge is 0.332 e. The quantitative estimate of drug-likeness (QED) is 0.395. The summed E-state index contributed by atoms with van der Waals surface area (Å²) in [6, 6.07) is 18.3. The van der Waals surface area contributed by atoms with Gasteiger partial charge in [-0.3, -0.25) is 9.59 Å². The van der Waals surface area contributed by atoms with Crippen molar-refractivity contribution in [2.75, 3.05) is 10.6 Å². The Hall–Kier alpha value is -3.97. The summed E-state index contributed by atoms with van der Waals surface area (Å²) in [5, 5.41) is 5.90. The third kappa shape index (κ3) is 5.45. The van der Waals surface area contributed by atoms with Crippen LogP contribution in [0.4, 0.5) is 15.8 Å². The van der Waals surface area contributed by atoms with Crippen molar-refractivity contribution in [2.45, 2.75) is 13.5 Å². The van der Waals surface area contributed by atoms with Crippen molar-refractivity contribution < 1.29 is 14.0 Å². The topological polar surface area (TPSA) is 76.0 Å². The molecule has 0 atom stereocenters. The Morgan fingerprint density at radius 2 is 1.76 bits per heavy atom. The van der Waals surface area contributed by atoms with E-state index in [1.165, 1.54) is 18.2 Å². The molecule has 6 nitrogen and oxygen atoms in total. The molecule has 33 heavy (non-hydrogen) atoms. The zero-order chi connectivity index (χ0) is 23.4. The molecule has 0 saturated heterocycles. The maximum atomic E-state index is 13.8. The molecule has 1 aromatic heterocycles. The maximum Gasteiger partial charge on any atom is 0.275 e. The van der Waals surface area contributed by atoms with Crippen molar-refractivity contribution in [3.8, 4) is 0 Å². The zero-order valence-corrected chi connectivity index (χ0v) is 18.4. The van der Waals surface area contributed by atoms with E-state index in [1.807, 2.05) is 25.1 Å². The van der Waals surface area contributed by atoms with E-state index in [0.717, 1.165) is 11.1 Å². The number of hydrogen-bond donors (Lipinski definition) is 2. The smallest absolute Gasteiger partial charge is 0.275 e. The SMILES string of the molecule is Cc1ccc(NC(=O)c2cn(Cc3ccc(NC(=O)c4ccccc4F)cc3)cn2)c(Cl)c1. The lowest BCUT2D eigenvalue weighted by molar-refractivity contribution is 0.101. The zero-order valence-electron chi connectivity index (χ0n) is 17.7. The number of nitrogens with one attached hydrogen (secondary N) is 2. The normalized spacial score (nSPS) is 10.6. The van der Waals surface area contributed by atoms with Gasteiger partial charge in [0.15, 0.2) is 0 Å². The Bertz CT molecular complexity index is 1320. The van der Waals surface area contributed by atoms with Gasteiger partial charge >= 0.3 is 0 Å². The first-order chi connectivity index (χ1) is 15.9. The fourth-order valence-corrected chi connectivity index (χ4v) is 3.50. The number of carbonyl (C=O) groups is 2. The summed E-state index contributed by atoms with van der Waals surface area (Å²) in [4.78, 5) is 28.9. The van der Waals surface area contributed by atoms with Crippen LogP contribution in [0.5, 0.6) is 0 Å². The van der Waals surface area contributed by atoms with Crippen LogP contribution >= 0.6 is 11.6 Å². The van der Waals surface area contributed by atoms with Gasteiger partial charge in [-0.25, -0.2) is 9.37 Å². The highest BCUT2D eigenvalue weighted by atomic mass is 35.5. The van der Waals surface area contributed by atoms with Crippen LogP contribution < -0.4 is 10.6 Å². The van der Waals surface area contributed by atoms with E-state index in [4.69, 9.17) is 11.6 Å². The van der Waals surface area contributed by atoms with E-state index >= 15 is 0 Å². The van der Waals surface area contributed by atoms with Gasteiger partial charge in [0.25, 0.3) is 11.8 Å². The van der Waals surface area contributed by atoms with Crippen LogP contribution in [0, 0.1) is 12.7 Å². The Morgan fingerprint density at radius 1 is 1.00 bits per heavy atom. The first kappa shape index (κ1) is 22.2. The second-order valence-electron chi connectivity index (χ2n) is 7.50. The van der Waals surface area contributed by atoms with Crippen LogP contribution in [0.3, 0.4) is 0 Å². The predicted molar refractivity (Wildman–Crippen MR) is 126 cm³/mol. The highest BCUT2D eigenvalue weighted by Crippen LogP contribution is 2.23. The fraction of sp³-hybridized carbons (Fsp3) is 0.0800. The fourth-order valence-electron chi connectivity index (χ4n) is 3.22. The molecule has 166 valence electrons. The summed E-state index contributed by atoms with van der Waals surface area (Å²) in [5.74, 6) is -1.44. The Balaban J connectivity index is 1.37. The molecule has 0 bridgehead atoms. The van der Waals surface area contributed by atoms with Gasteiger partial charge in [-0.1, -0.05) is 41.9 Å². The standard InChI is InChI=1S/C25H20ClFN4O2/c1-16-6-11-22(20(26)12-16)30-25(33)23-14-31(15-28-23)13-17-7-9-18(10-8-17)29-24(32)19-4-2-3-5-21(19)27/h2-12,14-15H,13H2,1H3,(H,29,32)(H,30,33). The molecule has 4 rings (SSSR count). The van der Waals surface area contributed by atoms with E-state index in [9.17, 15) is 14.0 Å². The van der Waals surface area contributed by atoms with Crippen molar-refractivity contribution in [1.29, 1.82) is 0 Å². The molecule has 0 saturated carbocycles. The van der Waals surface area contributed by atoms with E-state index in [1.54, 1.807) is 47.4 Å². The lowest BCUT2D eigenvalue weighted by Gasteiger charge is -2.08. The summed E-state index contributed by atoms with van der Waals surface area (Å²) >= 11 is 6.18. The van der Waals surface area contributed by atoms with Gasteiger partial charge < -0.3 is 15.2 Å². The van der Waals surface area contributed by atoms with Crippen LogP contribution in [-0.2, 0) is 6.54 Å². The molecule has 4 aromatic rings. The molecule has 2 amide bonds. The summed E-state index contributed by atoms with van der Waals surface area (Å²) in [6.45, 7) is 2.40. The number of hydrogen-bond acceptors (Lipinski definition) is 3. The molecule has 1 heterocycles.